The molecule has 0 spiro atoms. The summed E-state index contributed by atoms with van der Waals surface area (Å²) in [5.74, 6) is 0.676. The first-order chi connectivity index (χ1) is 7.79. The second-order valence-electron chi connectivity index (χ2n) is 3.47. The molecule has 0 N–H and O–H groups in total. The first-order valence-corrected chi connectivity index (χ1v) is 4.96. The number of aryl methyl sites for hydroxylation is 1. The molecule has 16 heavy (non-hydrogen) atoms. The van der Waals surface area contributed by atoms with E-state index >= 15 is 0 Å². The summed E-state index contributed by atoms with van der Waals surface area (Å²) in [5, 5.41) is 0. The van der Waals surface area contributed by atoms with Gasteiger partial charge in [-0.3, -0.25) is 9.78 Å². The minimum Gasteiger partial charge on any atom is -0.298 e. The maximum atomic E-state index is 10.8. The first-order valence-electron chi connectivity index (χ1n) is 4.96. The van der Waals surface area contributed by atoms with E-state index in [0.29, 0.717) is 17.8 Å². The van der Waals surface area contributed by atoms with Gasteiger partial charge in [-0.05, 0) is 24.6 Å². The van der Waals surface area contributed by atoms with Gasteiger partial charge in [0.2, 0.25) is 0 Å². The van der Waals surface area contributed by atoms with Crippen LogP contribution in [-0.2, 0) is 6.42 Å². The molecule has 0 aromatic carbocycles. The van der Waals surface area contributed by atoms with Crippen LogP contribution in [0.15, 0.2) is 30.7 Å². The summed E-state index contributed by atoms with van der Waals surface area (Å²) in [7, 11) is 0. The monoisotopic (exact) mass is 213 g/mol. The number of aromatic nitrogens is 3. The van der Waals surface area contributed by atoms with E-state index in [1.54, 1.807) is 18.6 Å². The highest BCUT2D eigenvalue weighted by Gasteiger charge is 2.05. The zero-order valence-electron chi connectivity index (χ0n) is 8.92. The third-order valence-electron chi connectivity index (χ3n) is 2.27. The van der Waals surface area contributed by atoms with Crippen LogP contribution in [0.1, 0.15) is 27.4 Å². The number of pyridine rings is 1. The lowest BCUT2D eigenvalue weighted by atomic mass is 10.1. The van der Waals surface area contributed by atoms with Crippen LogP contribution in [0.2, 0.25) is 0 Å². The molecule has 0 amide bonds. The van der Waals surface area contributed by atoms with Gasteiger partial charge in [-0.2, -0.15) is 0 Å². The Hall–Kier alpha value is -2.10. The normalized spacial score (nSPS) is 10.1. The van der Waals surface area contributed by atoms with E-state index in [2.05, 4.69) is 15.0 Å². The highest BCUT2D eigenvalue weighted by Crippen LogP contribution is 2.09. The van der Waals surface area contributed by atoms with Crippen LogP contribution in [0.3, 0.4) is 0 Å². The summed E-state index contributed by atoms with van der Waals surface area (Å²) >= 11 is 0. The molecular formula is C12H11N3O. The molecule has 4 heteroatoms. The highest BCUT2D eigenvalue weighted by atomic mass is 16.1. The van der Waals surface area contributed by atoms with Gasteiger partial charge in [-0.15, -0.1) is 0 Å². The summed E-state index contributed by atoms with van der Waals surface area (Å²) in [6.45, 7) is 1.81. The van der Waals surface area contributed by atoms with Crippen LogP contribution in [0.25, 0.3) is 0 Å². The number of hydrogen-bond donors (Lipinski definition) is 0. The molecule has 0 radical (unpaired) electrons. The van der Waals surface area contributed by atoms with Crippen molar-refractivity contribution in [3.8, 4) is 0 Å². The maximum absolute atomic E-state index is 10.8. The third-order valence-corrected chi connectivity index (χ3v) is 2.27. The number of aldehydes is 1. The summed E-state index contributed by atoms with van der Waals surface area (Å²) in [4.78, 5) is 23.1. The van der Waals surface area contributed by atoms with Gasteiger partial charge < -0.3 is 0 Å². The van der Waals surface area contributed by atoms with Crippen molar-refractivity contribution in [2.75, 3.05) is 0 Å². The summed E-state index contributed by atoms with van der Waals surface area (Å²) in [6, 6.07) is 3.82. The van der Waals surface area contributed by atoms with Gasteiger partial charge >= 0.3 is 0 Å². The molecule has 0 bridgehead atoms. The van der Waals surface area contributed by atoms with Gasteiger partial charge in [0.1, 0.15) is 5.82 Å². The van der Waals surface area contributed by atoms with Crippen molar-refractivity contribution in [3.05, 3.63) is 53.4 Å². The van der Waals surface area contributed by atoms with Gasteiger partial charge in [0.25, 0.3) is 0 Å². The SMILES string of the molecule is Cc1ncc(C=O)c(Cc2ccncc2)n1. The molecule has 2 aromatic rings. The number of hydrogen-bond acceptors (Lipinski definition) is 4. The molecule has 2 rings (SSSR count). The van der Waals surface area contributed by atoms with Crippen molar-refractivity contribution in [3.63, 3.8) is 0 Å². The number of carbonyl (C=O) groups is 1. The largest absolute Gasteiger partial charge is 0.298 e. The zero-order valence-corrected chi connectivity index (χ0v) is 8.92. The summed E-state index contributed by atoms with van der Waals surface area (Å²) < 4.78 is 0. The molecule has 0 aliphatic rings. The Morgan fingerprint density at radius 2 is 2.06 bits per heavy atom. The van der Waals surface area contributed by atoms with Crippen molar-refractivity contribution < 1.29 is 4.79 Å². The predicted molar refractivity (Wildman–Crippen MR) is 59.2 cm³/mol. The number of nitrogens with zero attached hydrogens (tertiary/aromatic N) is 3. The van der Waals surface area contributed by atoms with Crippen LogP contribution < -0.4 is 0 Å². The molecule has 0 saturated carbocycles. The van der Waals surface area contributed by atoms with E-state index in [4.69, 9.17) is 0 Å². The van der Waals surface area contributed by atoms with Crippen molar-refractivity contribution in [2.45, 2.75) is 13.3 Å². The van der Waals surface area contributed by atoms with Crippen molar-refractivity contribution in [2.24, 2.45) is 0 Å². The lowest BCUT2D eigenvalue weighted by Gasteiger charge is -2.04. The summed E-state index contributed by atoms with van der Waals surface area (Å²) in [6.07, 6.45) is 6.43. The van der Waals surface area contributed by atoms with Gasteiger partial charge in [-0.1, -0.05) is 0 Å². The van der Waals surface area contributed by atoms with Gasteiger partial charge in [0.05, 0.1) is 11.3 Å². The van der Waals surface area contributed by atoms with Crippen molar-refractivity contribution >= 4 is 6.29 Å². The van der Waals surface area contributed by atoms with Crippen molar-refractivity contribution in [1.29, 1.82) is 0 Å². The molecule has 0 saturated heterocycles. The Morgan fingerprint density at radius 1 is 1.31 bits per heavy atom. The summed E-state index contributed by atoms with van der Waals surface area (Å²) in [5.41, 5.74) is 2.38. The van der Waals surface area contributed by atoms with Gasteiger partial charge in [-0.25, -0.2) is 9.97 Å². The highest BCUT2D eigenvalue weighted by molar-refractivity contribution is 5.75. The zero-order chi connectivity index (χ0) is 11.4. The van der Waals surface area contributed by atoms with Gasteiger partial charge in [0, 0.05) is 25.0 Å². The van der Waals surface area contributed by atoms with E-state index in [0.717, 1.165) is 17.5 Å². The topological polar surface area (TPSA) is 55.7 Å². The smallest absolute Gasteiger partial charge is 0.153 e. The molecule has 0 atom stereocenters. The fourth-order valence-corrected chi connectivity index (χ4v) is 1.46. The van der Waals surface area contributed by atoms with Crippen LogP contribution in [0.5, 0.6) is 0 Å². The molecule has 4 nitrogen and oxygen atoms in total. The Balaban J connectivity index is 2.33. The lowest BCUT2D eigenvalue weighted by Crippen LogP contribution is -2.02. The van der Waals surface area contributed by atoms with E-state index in [1.807, 2.05) is 19.1 Å². The Kier molecular flexibility index (Phi) is 3.00. The predicted octanol–water partition coefficient (Wildman–Crippen LogP) is 1.58. The quantitative estimate of drug-likeness (QED) is 0.726. The standard InChI is InChI=1S/C12H11N3O/c1-9-14-7-11(8-16)12(15-9)6-10-2-4-13-5-3-10/h2-5,7-8H,6H2,1H3. The molecule has 2 heterocycles. The van der Waals surface area contributed by atoms with E-state index in [-0.39, 0.29) is 0 Å². The Bertz CT molecular complexity index is 497. The molecule has 2 aromatic heterocycles. The van der Waals surface area contributed by atoms with Crippen molar-refractivity contribution in [1.82, 2.24) is 15.0 Å². The Labute approximate surface area is 93.4 Å². The minimum absolute atomic E-state index is 0.544. The molecule has 80 valence electrons. The number of rotatable bonds is 3. The average molecular weight is 213 g/mol. The second-order valence-corrected chi connectivity index (χ2v) is 3.47. The fraction of sp³-hybridized carbons (Fsp3) is 0.167. The molecule has 0 unspecified atom stereocenters. The van der Waals surface area contributed by atoms with Crippen LogP contribution in [0.4, 0.5) is 0 Å². The maximum Gasteiger partial charge on any atom is 0.153 e. The fourth-order valence-electron chi connectivity index (χ4n) is 1.46. The van der Waals surface area contributed by atoms with Crippen LogP contribution in [0, 0.1) is 6.92 Å². The Morgan fingerprint density at radius 3 is 2.75 bits per heavy atom. The van der Waals surface area contributed by atoms with E-state index in [1.165, 1.54) is 0 Å². The molecular weight excluding hydrogens is 202 g/mol. The second kappa shape index (κ2) is 4.61. The lowest BCUT2D eigenvalue weighted by molar-refractivity contribution is 0.112. The van der Waals surface area contributed by atoms with Crippen LogP contribution in [-0.4, -0.2) is 21.2 Å². The molecule has 0 aliphatic carbocycles. The van der Waals surface area contributed by atoms with E-state index < -0.39 is 0 Å². The van der Waals surface area contributed by atoms with Gasteiger partial charge in [0.15, 0.2) is 6.29 Å². The van der Waals surface area contributed by atoms with E-state index in [9.17, 15) is 4.79 Å². The molecule has 0 fully saturated rings. The van der Waals surface area contributed by atoms with Crippen LogP contribution >= 0.6 is 0 Å². The number of carbonyl (C=O) groups excluding carboxylic acids is 1. The first kappa shape index (κ1) is 10.4. The average Bonchev–Trinajstić information content (AvgIpc) is 2.31. The molecule has 0 aliphatic heterocycles. The third kappa shape index (κ3) is 2.28. The minimum atomic E-state index is 0.544.